The quantitative estimate of drug-likeness (QED) is 0.0948. The van der Waals surface area contributed by atoms with Gasteiger partial charge in [-0.25, -0.2) is 0 Å². The van der Waals surface area contributed by atoms with Crippen molar-refractivity contribution in [3.05, 3.63) is 217 Å². The van der Waals surface area contributed by atoms with E-state index in [2.05, 4.69) is 572 Å². The Morgan fingerprint density at radius 3 is 0.966 bits per heavy atom. The summed E-state index contributed by atoms with van der Waals surface area (Å²) >= 11 is 53.3. The van der Waals surface area contributed by atoms with Crippen LogP contribution in [-0.2, 0) is 38.9 Å². The zero-order valence-electron chi connectivity index (χ0n) is 68.5. The second kappa shape index (κ2) is 46.7. The maximum atomic E-state index is 6.41. The third-order valence-corrected chi connectivity index (χ3v) is 2010. The van der Waals surface area contributed by atoms with Crippen molar-refractivity contribution >= 4 is 438 Å². The topological polar surface area (TPSA) is 11.4 Å². The van der Waals surface area contributed by atoms with Crippen LogP contribution in [0.25, 0.3) is 38.6 Å². The summed E-state index contributed by atoms with van der Waals surface area (Å²) in [5.41, 5.74) is 29.9. The molecular formula is C85H102ClI28N3. The van der Waals surface area contributed by atoms with Crippen LogP contribution in [-0.4, -0.2) is 15.6 Å². The van der Waals surface area contributed by atoms with Crippen LogP contribution >= 0.6 is 393 Å². The number of hydrogen-bond acceptors (Lipinski definition) is 2. The van der Waals surface area contributed by atoms with Gasteiger partial charge in [0.15, 0.2) is 0 Å². The summed E-state index contributed by atoms with van der Waals surface area (Å²) in [4.78, 5) is 5.31. The first-order valence-electron chi connectivity index (χ1n) is 37.6. The van der Waals surface area contributed by atoms with Gasteiger partial charge in [0.25, 0.3) is 0 Å². The van der Waals surface area contributed by atoms with Crippen molar-refractivity contribution < 1.29 is 0 Å². The summed E-state index contributed by atoms with van der Waals surface area (Å²) in [6, 6.07) is 56.2. The van der Waals surface area contributed by atoms with Crippen molar-refractivity contribution in [1.29, 1.82) is 0 Å². The summed E-state index contributed by atoms with van der Waals surface area (Å²) in [6.45, 7) is 46.5. The summed E-state index contributed by atoms with van der Waals surface area (Å²) in [5, 5.41) is 3.51. The van der Waals surface area contributed by atoms with Crippen LogP contribution in [0.3, 0.4) is 0 Å². The van der Waals surface area contributed by atoms with Crippen molar-refractivity contribution in [3.63, 3.8) is 0 Å². The monoisotopic (exact) mass is 4750 g/mol. The molecule has 0 radical (unpaired) electrons. The minimum absolute atomic E-state index is 0.0382. The molecule has 3 aliphatic carbocycles. The summed E-state index contributed by atoms with van der Waals surface area (Å²) in [7, 11) is -5.91. The Bertz CT molecular complexity index is 4900. The molecule has 0 spiro atoms. The first-order chi connectivity index (χ1) is 54.3. The van der Waals surface area contributed by atoms with Gasteiger partial charge in [0.1, 0.15) is 0 Å². The number of fused-ring (bicyclic) bond motifs is 12. The van der Waals surface area contributed by atoms with Gasteiger partial charge in [-0.1, -0.05) is 218 Å². The first-order valence-corrected chi connectivity index (χ1v) is 208. The molecule has 0 bridgehead atoms. The Morgan fingerprint density at radius 2 is 0.624 bits per heavy atom. The fourth-order valence-corrected chi connectivity index (χ4v) is 4630. The third-order valence-electron chi connectivity index (χ3n) is 23.5. The molecule has 3 heterocycles. The first kappa shape index (κ1) is 111. The van der Waals surface area contributed by atoms with E-state index in [0.29, 0.717) is 0 Å². The van der Waals surface area contributed by atoms with E-state index in [-0.39, 0.29) is 43.6 Å². The molecular weight excluding hydrogens is 4650 g/mol. The van der Waals surface area contributed by atoms with Gasteiger partial charge >= 0.3 is 382 Å². The summed E-state index contributed by atoms with van der Waals surface area (Å²) in [6.07, 6.45) is 11.2. The number of hydrogen-bond donors (Lipinski definition) is 0. The second-order valence-corrected chi connectivity index (χ2v) is 669. The number of rotatable bonds is 15. The molecule has 32 heteroatoms. The molecule has 2 saturated carbocycles. The van der Waals surface area contributed by atoms with Crippen molar-refractivity contribution in [2.45, 2.75) is 240 Å². The molecule has 4 atom stereocenters. The normalized spacial score (nSPS) is 21.1. The Kier molecular flexibility index (Phi) is 44.4. The van der Waals surface area contributed by atoms with Crippen molar-refractivity contribution in [2.75, 3.05) is 9.80 Å². The molecule has 0 N–H and O–H groups in total. The number of benzene rings is 8. The fourth-order valence-electron chi connectivity index (χ4n) is 17.0. The average Bonchev–Trinajstić information content (AvgIpc) is 1.54. The molecule has 5 aliphatic rings. The van der Waals surface area contributed by atoms with E-state index in [4.69, 9.17) is 11.6 Å². The molecule has 117 heavy (non-hydrogen) atoms. The molecule has 0 saturated heterocycles. The van der Waals surface area contributed by atoms with Crippen LogP contribution in [0.2, 0.25) is 5.02 Å². The van der Waals surface area contributed by atoms with Crippen molar-refractivity contribution in [3.8, 4) is 16.8 Å². The van der Waals surface area contributed by atoms with E-state index < -0.39 is 103 Å². The SMILES string of the molecule is CC(C)(C)c1ccc2c(c1)-c1cc(C(C)(C)C)ccc1C2.Cc1cc(Cl)cc(N2c3ccc(C)cc3C3(C)CCCCC23C)c1.Cc1cc(N2c3ccc(C)cc3C3(C)CCCCC23C)cc(-n2c3ccc(C(C)(C)C)cc3c3cc(C(C)(C)C)ccc32)c1.II(I)I(I)I(I)I(I)I(I)I(I)I(I)I(I)I(I)I(I)I(I)I(I)I(I)I. The molecule has 3 nitrogen and oxygen atoms in total. The Balaban J connectivity index is 0.000000161. The molecule has 8 aromatic carbocycles. The third kappa shape index (κ3) is 25.6. The zero-order valence-corrected chi connectivity index (χ0v) is 130. The van der Waals surface area contributed by atoms with Crippen LogP contribution in [0, 0.1) is 27.7 Å². The fraction of sp³-hybridized carbons (Fsp3) is 0.435. The number of halogens is 29. The number of aromatic nitrogens is 1. The van der Waals surface area contributed by atoms with Gasteiger partial charge in [0.2, 0.25) is 0 Å². The van der Waals surface area contributed by atoms with Gasteiger partial charge < -0.3 is 14.4 Å². The predicted molar refractivity (Wildman–Crippen MR) is 779 cm³/mol. The summed E-state index contributed by atoms with van der Waals surface area (Å²) < 4.78 is 2.52. The van der Waals surface area contributed by atoms with E-state index in [1.54, 1.807) is 0 Å². The van der Waals surface area contributed by atoms with Crippen LogP contribution in [0.5, 0.6) is 0 Å². The van der Waals surface area contributed by atoms with E-state index in [9.17, 15) is 0 Å². The van der Waals surface area contributed by atoms with Gasteiger partial charge in [-0.3, -0.25) is 0 Å². The van der Waals surface area contributed by atoms with Crippen LogP contribution in [0.1, 0.15) is 229 Å². The van der Waals surface area contributed by atoms with Crippen LogP contribution in [0.4, 0.5) is 22.7 Å². The maximum absolute atomic E-state index is 6.41. The van der Waals surface area contributed by atoms with Gasteiger partial charge in [0.05, 0.1) is 22.1 Å². The molecule has 4 unspecified atom stereocenters. The molecule has 2 fully saturated rings. The average molecular weight is 4750 g/mol. The van der Waals surface area contributed by atoms with Crippen molar-refractivity contribution in [1.82, 2.24) is 4.57 Å². The molecule has 9 aromatic rings. The van der Waals surface area contributed by atoms with Gasteiger partial charge in [0, 0.05) is 55.1 Å². The molecule has 0 amide bonds. The van der Waals surface area contributed by atoms with E-state index in [0.717, 1.165) is 11.4 Å². The Hall–Kier alpha value is 13.9. The molecule has 1 aromatic heterocycles. The van der Waals surface area contributed by atoms with E-state index in [1.807, 2.05) is 6.07 Å². The molecule has 14 rings (SSSR count). The number of anilines is 4. The summed E-state index contributed by atoms with van der Waals surface area (Å²) in [5.74, 6) is 0. The van der Waals surface area contributed by atoms with Gasteiger partial charge in [-0.05, 0) is 235 Å². The zero-order chi connectivity index (χ0) is 86.4. The second-order valence-electron chi connectivity index (χ2n) is 35.2. The standard InChI is InChI=1S/C42H50N2.C22H26ClN.C21H26.I28/c1-27-13-16-38-35(23-27)41(9)19-11-12-20-42(41,10)44(38)32-22-28(2)21-31(26-32)43-36-17-14-29(39(3,4)5)24-33(36)34-25-30(40(6,7)8)15-18-37(34)43;1-15-7-8-20-19(13-15)21(3)9-5-6-10-22(21,4)24(20)18-12-16(2)11-17(23)14-18;1-20(2,3)16-9-7-14-11-15-8-10-17(21(4,5)6)13-19(15)18(14)12-16;1-16(2)18(5)20(7)22(9)24(11)26(13)28(15)27(14)25(12)23(10)21(8)19(6)17(3)4/h13-18,21-26H,11-12,19-20H2,1-10H3;7-8,11-14H,5-6,9-10H2,1-4H3;7-10,12-13H,11H2,1-6H3;. The van der Waals surface area contributed by atoms with Crippen LogP contribution in [0.15, 0.2) is 146 Å². The minimum atomic E-state index is -0.475. The Labute approximate surface area is 899 Å². The molecule has 2 aliphatic heterocycles. The van der Waals surface area contributed by atoms with E-state index in [1.165, 1.54) is 179 Å². The Morgan fingerprint density at radius 1 is 0.316 bits per heavy atom. The number of nitrogens with zero attached hydrogens (tertiary/aromatic N) is 3. The van der Waals surface area contributed by atoms with Gasteiger partial charge in [-0.2, -0.15) is 0 Å². The van der Waals surface area contributed by atoms with Gasteiger partial charge in [-0.15, -0.1) is 0 Å². The molecule has 660 valence electrons. The van der Waals surface area contributed by atoms with Crippen molar-refractivity contribution in [2.24, 2.45) is 0 Å². The number of aryl methyl sites for hydroxylation is 4. The predicted octanol–water partition coefficient (Wildman–Crippen LogP) is 49.1. The van der Waals surface area contributed by atoms with E-state index >= 15 is 0 Å². The van der Waals surface area contributed by atoms with Crippen LogP contribution < -0.4 is 9.80 Å².